The number of rotatable bonds is 3. The maximum atomic E-state index is 11.0. The lowest BCUT2D eigenvalue weighted by atomic mass is 10.1. The van der Waals surface area contributed by atoms with E-state index in [4.69, 9.17) is 16.3 Å². The summed E-state index contributed by atoms with van der Waals surface area (Å²) in [4.78, 5) is 11.0. The van der Waals surface area contributed by atoms with E-state index in [1.807, 2.05) is 37.3 Å². The highest BCUT2D eigenvalue weighted by Gasteiger charge is 2.03. The number of hydrogen-bond acceptors (Lipinski definition) is 2. The van der Waals surface area contributed by atoms with Gasteiger partial charge in [0.25, 0.3) is 0 Å². The van der Waals surface area contributed by atoms with Crippen LogP contribution in [0, 0.1) is 0 Å². The second-order valence-electron chi connectivity index (χ2n) is 2.98. The molecule has 15 heavy (non-hydrogen) atoms. The summed E-state index contributed by atoms with van der Waals surface area (Å²) in [6.07, 6.45) is 1.37. The average Bonchev–Trinajstić information content (AvgIpc) is 2.26. The quantitative estimate of drug-likeness (QED) is 0.445. The number of carbonyl (C=O) groups is 1. The molecule has 0 heterocycles. The lowest BCUT2D eigenvalue weighted by Crippen LogP contribution is -1.98. The molecular weight excluding hydrogens is 212 g/mol. The summed E-state index contributed by atoms with van der Waals surface area (Å²) in [6.45, 7) is 5.11. The Balaban J connectivity index is 2.69. The highest BCUT2D eigenvalue weighted by atomic mass is 35.5. The molecule has 0 unspecified atom stereocenters. The molecule has 1 rings (SSSR count). The molecule has 0 amide bonds. The van der Waals surface area contributed by atoms with E-state index in [9.17, 15) is 4.79 Å². The summed E-state index contributed by atoms with van der Waals surface area (Å²) in [6, 6.07) is 9.59. The van der Waals surface area contributed by atoms with Crippen LogP contribution in [0.4, 0.5) is 0 Å². The first-order valence-corrected chi connectivity index (χ1v) is 4.76. The van der Waals surface area contributed by atoms with E-state index in [-0.39, 0.29) is 5.03 Å². The number of ether oxygens (including phenoxy) is 1. The van der Waals surface area contributed by atoms with E-state index in [2.05, 4.69) is 6.58 Å². The van der Waals surface area contributed by atoms with Crippen molar-refractivity contribution in [2.45, 2.75) is 6.92 Å². The summed E-state index contributed by atoms with van der Waals surface area (Å²) >= 11 is 5.36. The Morgan fingerprint density at radius 2 is 2.00 bits per heavy atom. The van der Waals surface area contributed by atoms with E-state index in [1.54, 1.807) is 0 Å². The zero-order valence-corrected chi connectivity index (χ0v) is 9.12. The fourth-order valence-electron chi connectivity index (χ4n) is 0.975. The van der Waals surface area contributed by atoms with Gasteiger partial charge in [0.1, 0.15) is 5.03 Å². The molecule has 0 fully saturated rings. The van der Waals surface area contributed by atoms with Crippen molar-refractivity contribution in [2.75, 3.05) is 0 Å². The highest BCUT2D eigenvalue weighted by Crippen LogP contribution is 2.13. The Hall–Kier alpha value is -1.54. The SMILES string of the molecule is C=C(Cl)C(=O)OC=C(C)c1ccccc1. The molecule has 0 aliphatic rings. The van der Waals surface area contributed by atoms with Crippen molar-refractivity contribution in [2.24, 2.45) is 0 Å². The van der Waals surface area contributed by atoms with Crippen LogP contribution in [0.1, 0.15) is 12.5 Å². The van der Waals surface area contributed by atoms with E-state index in [0.29, 0.717) is 0 Å². The standard InChI is InChI=1S/C12H11ClO2/c1-9(8-15-12(14)10(2)13)11-6-4-3-5-7-11/h3-8H,2H2,1H3. The van der Waals surface area contributed by atoms with Gasteiger partial charge in [0.2, 0.25) is 0 Å². The molecular formula is C12H11ClO2. The molecule has 0 radical (unpaired) electrons. The van der Waals surface area contributed by atoms with E-state index >= 15 is 0 Å². The third-order valence-corrected chi connectivity index (χ3v) is 1.95. The van der Waals surface area contributed by atoms with Crippen molar-refractivity contribution in [1.29, 1.82) is 0 Å². The Bertz CT molecular complexity index is 393. The van der Waals surface area contributed by atoms with Crippen LogP contribution >= 0.6 is 11.6 Å². The van der Waals surface area contributed by atoms with Crippen LogP contribution in [0.3, 0.4) is 0 Å². The molecule has 3 heteroatoms. The molecule has 1 aromatic rings. The van der Waals surface area contributed by atoms with Crippen LogP contribution in [0.5, 0.6) is 0 Å². The van der Waals surface area contributed by atoms with Gasteiger partial charge in [0.15, 0.2) is 0 Å². The zero-order valence-electron chi connectivity index (χ0n) is 8.37. The molecule has 0 aliphatic heterocycles. The minimum absolute atomic E-state index is 0.132. The first-order chi connectivity index (χ1) is 7.11. The minimum Gasteiger partial charge on any atom is -0.430 e. The molecule has 2 nitrogen and oxygen atoms in total. The third kappa shape index (κ3) is 3.60. The number of benzene rings is 1. The van der Waals surface area contributed by atoms with Crippen LogP contribution in [0.2, 0.25) is 0 Å². The molecule has 0 aromatic heterocycles. The van der Waals surface area contributed by atoms with Crippen molar-refractivity contribution in [3.8, 4) is 0 Å². The van der Waals surface area contributed by atoms with Crippen molar-refractivity contribution >= 4 is 23.1 Å². The summed E-state index contributed by atoms with van der Waals surface area (Å²) in [5.41, 5.74) is 1.84. The lowest BCUT2D eigenvalue weighted by molar-refractivity contribution is -0.132. The predicted octanol–water partition coefficient (Wildman–Crippen LogP) is 3.34. The molecule has 0 saturated heterocycles. The first kappa shape index (κ1) is 11.5. The van der Waals surface area contributed by atoms with Crippen LogP contribution in [-0.2, 0) is 9.53 Å². The average molecular weight is 223 g/mol. The van der Waals surface area contributed by atoms with Crippen molar-refractivity contribution in [3.05, 3.63) is 53.8 Å². The smallest absolute Gasteiger partial charge is 0.353 e. The summed E-state index contributed by atoms with van der Waals surface area (Å²) < 4.78 is 4.79. The summed E-state index contributed by atoms with van der Waals surface area (Å²) in [5, 5.41) is -0.132. The fraction of sp³-hybridized carbons (Fsp3) is 0.0833. The number of allylic oxidation sites excluding steroid dienone is 1. The Kier molecular flexibility index (Phi) is 4.13. The molecule has 0 saturated carbocycles. The molecule has 0 atom stereocenters. The molecule has 0 spiro atoms. The largest absolute Gasteiger partial charge is 0.430 e. The summed E-state index contributed by atoms with van der Waals surface area (Å²) in [7, 11) is 0. The van der Waals surface area contributed by atoms with Crippen LogP contribution < -0.4 is 0 Å². The van der Waals surface area contributed by atoms with Gasteiger partial charge in [0.05, 0.1) is 6.26 Å². The maximum Gasteiger partial charge on any atom is 0.353 e. The number of hydrogen-bond donors (Lipinski definition) is 0. The van der Waals surface area contributed by atoms with Gasteiger partial charge in [0, 0.05) is 0 Å². The van der Waals surface area contributed by atoms with Gasteiger partial charge in [-0.1, -0.05) is 48.5 Å². The van der Waals surface area contributed by atoms with Gasteiger partial charge in [-0.05, 0) is 18.1 Å². The second-order valence-corrected chi connectivity index (χ2v) is 3.43. The number of halogens is 1. The Labute approximate surface area is 93.8 Å². The van der Waals surface area contributed by atoms with Crippen molar-refractivity contribution < 1.29 is 9.53 Å². The number of esters is 1. The lowest BCUT2D eigenvalue weighted by Gasteiger charge is -2.01. The Morgan fingerprint density at radius 1 is 1.40 bits per heavy atom. The van der Waals surface area contributed by atoms with Gasteiger partial charge < -0.3 is 4.74 Å². The molecule has 0 bridgehead atoms. The maximum absolute atomic E-state index is 11.0. The zero-order chi connectivity index (χ0) is 11.3. The van der Waals surface area contributed by atoms with Gasteiger partial charge in [-0.3, -0.25) is 0 Å². The molecule has 0 aliphatic carbocycles. The van der Waals surface area contributed by atoms with Gasteiger partial charge in [-0.15, -0.1) is 0 Å². The first-order valence-electron chi connectivity index (χ1n) is 4.39. The van der Waals surface area contributed by atoms with E-state index in [0.717, 1.165) is 11.1 Å². The fourth-order valence-corrected chi connectivity index (χ4v) is 1.02. The highest BCUT2D eigenvalue weighted by molar-refractivity contribution is 6.40. The minimum atomic E-state index is -0.632. The summed E-state index contributed by atoms with van der Waals surface area (Å²) in [5.74, 6) is -0.632. The van der Waals surface area contributed by atoms with Gasteiger partial charge in [-0.2, -0.15) is 0 Å². The second kappa shape index (κ2) is 5.37. The van der Waals surface area contributed by atoms with Gasteiger partial charge in [-0.25, -0.2) is 4.79 Å². The van der Waals surface area contributed by atoms with Crippen LogP contribution in [0.25, 0.3) is 5.57 Å². The van der Waals surface area contributed by atoms with Gasteiger partial charge >= 0.3 is 5.97 Å². The van der Waals surface area contributed by atoms with Crippen molar-refractivity contribution in [1.82, 2.24) is 0 Å². The monoisotopic (exact) mass is 222 g/mol. The van der Waals surface area contributed by atoms with E-state index < -0.39 is 5.97 Å². The third-order valence-electron chi connectivity index (χ3n) is 1.79. The predicted molar refractivity (Wildman–Crippen MR) is 61.2 cm³/mol. The normalized spacial score (nSPS) is 10.9. The topological polar surface area (TPSA) is 26.3 Å². The van der Waals surface area contributed by atoms with Crippen molar-refractivity contribution in [3.63, 3.8) is 0 Å². The molecule has 1 aromatic carbocycles. The Morgan fingerprint density at radius 3 is 2.53 bits per heavy atom. The number of carbonyl (C=O) groups excluding carboxylic acids is 1. The molecule has 78 valence electrons. The van der Waals surface area contributed by atoms with Crippen LogP contribution in [-0.4, -0.2) is 5.97 Å². The van der Waals surface area contributed by atoms with E-state index in [1.165, 1.54) is 6.26 Å². The van der Waals surface area contributed by atoms with Crippen LogP contribution in [0.15, 0.2) is 48.2 Å². The molecule has 0 N–H and O–H groups in total.